The van der Waals surface area contributed by atoms with Gasteiger partial charge in [-0.2, -0.15) is 0 Å². The highest BCUT2D eigenvalue weighted by atomic mass is 28.2. The van der Waals surface area contributed by atoms with Crippen molar-refractivity contribution in [1.29, 1.82) is 0 Å². The quantitative estimate of drug-likeness (QED) is 0.412. The third kappa shape index (κ3) is 3.67. The number of hydrogen-bond donors (Lipinski definition) is 0. The number of carbonyl (C=O) groups is 1. The van der Waals surface area contributed by atoms with E-state index < -0.39 is 6.16 Å². The van der Waals surface area contributed by atoms with Crippen LogP contribution in [-0.2, 0) is 9.16 Å². The van der Waals surface area contributed by atoms with Crippen molar-refractivity contribution in [2.24, 2.45) is 0 Å². The zero-order chi connectivity index (χ0) is 6.41. The van der Waals surface area contributed by atoms with Crippen LogP contribution in [0.2, 0.25) is 6.55 Å². The molecule has 0 N–H and O–H groups in total. The van der Waals surface area contributed by atoms with Crippen LogP contribution in [0.4, 0.5) is 4.79 Å². The van der Waals surface area contributed by atoms with Crippen LogP contribution in [-0.4, -0.2) is 22.5 Å². The molecule has 0 aromatic rings. The second kappa shape index (κ2) is 4.64. The fraction of sp³-hybridized carbons (Fsp3) is 0.750. The molecule has 0 aliphatic carbocycles. The van der Waals surface area contributed by atoms with Gasteiger partial charge in [0.05, 0.1) is 6.61 Å². The lowest BCUT2D eigenvalue weighted by molar-refractivity contribution is 0.106. The Kier molecular flexibility index (Phi) is 4.34. The topological polar surface area (TPSA) is 35.5 Å². The summed E-state index contributed by atoms with van der Waals surface area (Å²) < 4.78 is 8.88. The first-order chi connectivity index (χ1) is 3.81. The molecular formula is C4H8O3Si. The van der Waals surface area contributed by atoms with Crippen LogP contribution >= 0.6 is 0 Å². The smallest absolute Gasteiger partial charge is 0.487 e. The normalized spacial score (nSPS) is 8.25. The summed E-state index contributed by atoms with van der Waals surface area (Å²) in [6.07, 6.45) is -0.576. The minimum atomic E-state index is -0.576. The van der Waals surface area contributed by atoms with Gasteiger partial charge < -0.3 is 9.16 Å². The van der Waals surface area contributed by atoms with E-state index in [1.54, 1.807) is 13.5 Å². The first-order valence-corrected chi connectivity index (χ1v) is 3.72. The Labute approximate surface area is 50.9 Å². The van der Waals surface area contributed by atoms with E-state index in [1.165, 1.54) is 0 Å². The summed E-state index contributed by atoms with van der Waals surface area (Å²) >= 11 is 0. The van der Waals surface area contributed by atoms with Gasteiger partial charge in [0, 0.05) is 0 Å². The summed E-state index contributed by atoms with van der Waals surface area (Å²) in [5.41, 5.74) is 0. The Balaban J connectivity index is 3.06. The summed E-state index contributed by atoms with van der Waals surface area (Å²) in [7, 11) is 0.173. The van der Waals surface area contributed by atoms with Gasteiger partial charge in [-0.05, 0) is 13.5 Å². The average Bonchev–Trinajstić information content (AvgIpc) is 1.68. The van der Waals surface area contributed by atoms with Gasteiger partial charge in [0.2, 0.25) is 0 Å². The summed E-state index contributed by atoms with van der Waals surface area (Å²) in [5.74, 6) is 0. The monoisotopic (exact) mass is 132 g/mol. The summed E-state index contributed by atoms with van der Waals surface area (Å²) in [6.45, 7) is 3.88. The number of hydrogen-bond acceptors (Lipinski definition) is 3. The molecule has 2 radical (unpaired) electrons. The lowest BCUT2D eigenvalue weighted by Gasteiger charge is -1.98. The minimum Gasteiger partial charge on any atom is -0.487 e. The molecule has 0 atom stereocenters. The van der Waals surface area contributed by atoms with Gasteiger partial charge in [-0.25, -0.2) is 4.79 Å². The highest BCUT2D eigenvalue weighted by Gasteiger charge is 1.96. The van der Waals surface area contributed by atoms with Gasteiger partial charge >= 0.3 is 15.9 Å². The van der Waals surface area contributed by atoms with Gasteiger partial charge in [-0.3, -0.25) is 0 Å². The fourth-order valence-electron chi connectivity index (χ4n) is 0.231. The highest BCUT2D eigenvalue weighted by Crippen LogP contribution is 1.80. The van der Waals surface area contributed by atoms with Crippen LogP contribution in [0.3, 0.4) is 0 Å². The zero-order valence-corrected chi connectivity index (χ0v) is 5.93. The summed E-state index contributed by atoms with van der Waals surface area (Å²) in [6, 6.07) is 0. The molecule has 0 aromatic carbocycles. The highest BCUT2D eigenvalue weighted by molar-refractivity contribution is 6.27. The van der Waals surface area contributed by atoms with Gasteiger partial charge in [-0.1, -0.05) is 0 Å². The van der Waals surface area contributed by atoms with Gasteiger partial charge in [0.25, 0.3) is 0 Å². The van der Waals surface area contributed by atoms with Crippen molar-refractivity contribution in [3.8, 4) is 0 Å². The van der Waals surface area contributed by atoms with Gasteiger partial charge in [0.1, 0.15) is 0 Å². The maximum absolute atomic E-state index is 10.2. The Morgan fingerprint density at radius 1 is 1.75 bits per heavy atom. The molecule has 0 amide bonds. The molecule has 0 bridgehead atoms. The molecule has 0 saturated carbocycles. The molecule has 0 rings (SSSR count). The molecule has 46 valence electrons. The van der Waals surface area contributed by atoms with Crippen LogP contribution in [0.15, 0.2) is 0 Å². The maximum Gasteiger partial charge on any atom is 0.494 e. The van der Waals surface area contributed by atoms with Crippen molar-refractivity contribution >= 4 is 15.9 Å². The van der Waals surface area contributed by atoms with Crippen LogP contribution in [0, 0.1) is 0 Å². The predicted molar refractivity (Wildman–Crippen MR) is 29.7 cm³/mol. The van der Waals surface area contributed by atoms with E-state index in [1.807, 2.05) is 0 Å². The first kappa shape index (κ1) is 7.49. The lowest BCUT2D eigenvalue weighted by Crippen LogP contribution is -2.07. The number of carbonyl (C=O) groups excluding carboxylic acids is 1. The summed E-state index contributed by atoms with van der Waals surface area (Å²) in [5, 5.41) is 0. The predicted octanol–water partition coefficient (Wildman–Crippen LogP) is 0.827. The molecule has 4 heteroatoms. The minimum absolute atomic E-state index is 0.173. The van der Waals surface area contributed by atoms with Crippen LogP contribution in [0.25, 0.3) is 0 Å². The molecule has 0 fully saturated rings. The van der Waals surface area contributed by atoms with Crippen molar-refractivity contribution in [2.75, 3.05) is 6.61 Å². The fourth-order valence-corrected chi connectivity index (χ4v) is 0.456. The lowest BCUT2D eigenvalue weighted by atomic mass is 10.9. The second-order valence-corrected chi connectivity index (χ2v) is 1.60. The molecular weight excluding hydrogens is 124 g/mol. The second-order valence-electron chi connectivity index (χ2n) is 0.989. The standard InChI is InChI=1S/C4H8O3Si/c1-3-6-4(5)7-8-2/h3H2,1-2H3. The molecule has 0 aliphatic rings. The summed E-state index contributed by atoms with van der Waals surface area (Å²) in [4.78, 5) is 10.2. The average molecular weight is 132 g/mol. The van der Waals surface area contributed by atoms with Gasteiger partial charge in [0.15, 0.2) is 0 Å². The SMILES string of the molecule is CCOC(=O)O[Si]C. The number of rotatable bonds is 2. The van der Waals surface area contributed by atoms with Crippen molar-refractivity contribution in [2.45, 2.75) is 13.5 Å². The van der Waals surface area contributed by atoms with Crippen molar-refractivity contribution in [3.05, 3.63) is 0 Å². The van der Waals surface area contributed by atoms with Crippen molar-refractivity contribution in [3.63, 3.8) is 0 Å². The van der Waals surface area contributed by atoms with E-state index in [-0.39, 0.29) is 9.76 Å². The Morgan fingerprint density at radius 3 is 2.75 bits per heavy atom. The first-order valence-electron chi connectivity index (χ1n) is 2.31. The van der Waals surface area contributed by atoms with E-state index in [4.69, 9.17) is 0 Å². The Hall–Kier alpha value is -0.513. The molecule has 0 heterocycles. The molecule has 3 nitrogen and oxygen atoms in total. The Bertz CT molecular complexity index is 65.7. The van der Waals surface area contributed by atoms with E-state index in [2.05, 4.69) is 9.16 Å². The third-order valence-corrected chi connectivity index (χ3v) is 0.818. The van der Waals surface area contributed by atoms with E-state index in [0.29, 0.717) is 6.61 Å². The molecule has 8 heavy (non-hydrogen) atoms. The van der Waals surface area contributed by atoms with Crippen molar-refractivity contribution < 1.29 is 14.0 Å². The van der Waals surface area contributed by atoms with Crippen LogP contribution in [0.1, 0.15) is 6.92 Å². The third-order valence-electron chi connectivity index (χ3n) is 0.448. The molecule has 0 spiro atoms. The molecule has 0 aliphatic heterocycles. The molecule has 0 unspecified atom stereocenters. The van der Waals surface area contributed by atoms with E-state index in [9.17, 15) is 4.79 Å². The van der Waals surface area contributed by atoms with E-state index >= 15 is 0 Å². The largest absolute Gasteiger partial charge is 0.494 e. The van der Waals surface area contributed by atoms with Crippen LogP contribution < -0.4 is 0 Å². The van der Waals surface area contributed by atoms with Crippen molar-refractivity contribution in [1.82, 2.24) is 0 Å². The van der Waals surface area contributed by atoms with Crippen LogP contribution in [0.5, 0.6) is 0 Å². The zero-order valence-electron chi connectivity index (χ0n) is 4.93. The Morgan fingerprint density at radius 2 is 2.38 bits per heavy atom. The molecule has 0 saturated heterocycles. The number of ether oxygens (including phenoxy) is 1. The van der Waals surface area contributed by atoms with Gasteiger partial charge in [-0.15, -0.1) is 0 Å². The maximum atomic E-state index is 10.2. The molecule has 0 aromatic heterocycles. The van der Waals surface area contributed by atoms with E-state index in [0.717, 1.165) is 0 Å².